The van der Waals surface area contributed by atoms with Crippen molar-refractivity contribution < 1.29 is 5.11 Å². The third kappa shape index (κ3) is 6.78. The molecule has 0 aromatic carbocycles. The topological polar surface area (TPSA) is 23.5 Å². The number of aliphatic hydroxyl groups is 1. The summed E-state index contributed by atoms with van der Waals surface area (Å²) in [5, 5.41) is 10.4. The van der Waals surface area contributed by atoms with E-state index in [9.17, 15) is 5.11 Å². The van der Waals surface area contributed by atoms with Crippen molar-refractivity contribution in [3.8, 4) is 0 Å². The molecule has 0 saturated carbocycles. The largest absolute Gasteiger partial charge is 0.395 e. The van der Waals surface area contributed by atoms with E-state index in [2.05, 4.69) is 20.8 Å². The fourth-order valence-corrected chi connectivity index (χ4v) is 3.09. The fourth-order valence-electron chi connectivity index (χ4n) is 2.69. The molecule has 0 radical (unpaired) electrons. The summed E-state index contributed by atoms with van der Waals surface area (Å²) >= 11 is 3.47. The molecule has 3 heteroatoms. The van der Waals surface area contributed by atoms with Crippen LogP contribution in [0.4, 0.5) is 0 Å². The van der Waals surface area contributed by atoms with Gasteiger partial charge in [-0.2, -0.15) is 0 Å². The Kier molecular flexibility index (Phi) is 9.40. The maximum Gasteiger partial charge on any atom is 0.0586 e. The van der Waals surface area contributed by atoms with E-state index >= 15 is 0 Å². The van der Waals surface area contributed by atoms with E-state index in [0.717, 1.165) is 5.33 Å². The van der Waals surface area contributed by atoms with Crippen LogP contribution in [0.15, 0.2) is 0 Å². The highest BCUT2D eigenvalue weighted by atomic mass is 79.9. The number of likely N-dealkylation sites (tertiary alicyclic amines) is 1. The van der Waals surface area contributed by atoms with Gasteiger partial charge in [0.2, 0.25) is 0 Å². The highest BCUT2D eigenvalue weighted by molar-refractivity contribution is 9.09. The molecular formula is C14H28BrNO. The quantitative estimate of drug-likeness (QED) is 0.493. The molecule has 1 heterocycles. The predicted octanol–water partition coefficient (Wildman–Crippen LogP) is 3.57. The average molecular weight is 306 g/mol. The van der Waals surface area contributed by atoms with Crippen LogP contribution in [-0.2, 0) is 0 Å². The normalized spacial score (nSPS) is 21.2. The minimum atomic E-state index is 0.354. The molecule has 0 bridgehead atoms. The highest BCUT2D eigenvalue weighted by Gasteiger charge is 2.22. The zero-order valence-electron chi connectivity index (χ0n) is 11.0. The molecule has 1 atom stereocenters. The van der Waals surface area contributed by atoms with Crippen molar-refractivity contribution >= 4 is 15.9 Å². The maximum absolute atomic E-state index is 9.21. The summed E-state index contributed by atoms with van der Waals surface area (Å²) in [6, 6.07) is 0.467. The first-order chi connectivity index (χ1) is 8.38. The Labute approximate surface area is 115 Å². The van der Waals surface area contributed by atoms with E-state index in [0.29, 0.717) is 12.6 Å². The number of aliphatic hydroxyl groups excluding tert-OH is 1. The van der Waals surface area contributed by atoms with Crippen LogP contribution in [0.25, 0.3) is 0 Å². The standard InChI is InChI=1S/C14H28BrNO/c15-10-6-4-2-1-3-5-7-11-16-12-8-9-14(16)13-17/h14,17H,1-13H2. The molecular weight excluding hydrogens is 278 g/mol. The molecule has 1 fully saturated rings. The van der Waals surface area contributed by atoms with Crippen LogP contribution >= 0.6 is 15.9 Å². The average Bonchev–Trinajstić information content (AvgIpc) is 2.80. The van der Waals surface area contributed by atoms with Gasteiger partial charge in [-0.25, -0.2) is 0 Å². The number of halogens is 1. The molecule has 0 aromatic heterocycles. The number of hydrogen-bond donors (Lipinski definition) is 1. The van der Waals surface area contributed by atoms with Crippen molar-refractivity contribution in [3.63, 3.8) is 0 Å². The summed E-state index contributed by atoms with van der Waals surface area (Å²) in [5.41, 5.74) is 0. The Morgan fingerprint density at radius 2 is 1.65 bits per heavy atom. The van der Waals surface area contributed by atoms with Crippen LogP contribution < -0.4 is 0 Å². The molecule has 0 aliphatic carbocycles. The molecule has 0 aromatic rings. The second-order valence-electron chi connectivity index (χ2n) is 5.18. The van der Waals surface area contributed by atoms with Crippen LogP contribution in [0, 0.1) is 0 Å². The predicted molar refractivity (Wildman–Crippen MR) is 77.8 cm³/mol. The molecule has 1 unspecified atom stereocenters. The Hall–Kier alpha value is 0.400. The van der Waals surface area contributed by atoms with E-state index in [-0.39, 0.29) is 0 Å². The minimum absolute atomic E-state index is 0.354. The van der Waals surface area contributed by atoms with Crippen LogP contribution in [0.1, 0.15) is 57.8 Å². The highest BCUT2D eigenvalue weighted by Crippen LogP contribution is 2.17. The fraction of sp³-hybridized carbons (Fsp3) is 1.00. The zero-order chi connectivity index (χ0) is 12.3. The number of unbranched alkanes of at least 4 members (excludes halogenated alkanes) is 6. The van der Waals surface area contributed by atoms with Gasteiger partial charge < -0.3 is 5.11 Å². The Morgan fingerprint density at radius 3 is 2.29 bits per heavy atom. The zero-order valence-corrected chi connectivity index (χ0v) is 12.6. The molecule has 0 spiro atoms. The third-order valence-electron chi connectivity index (χ3n) is 3.79. The van der Waals surface area contributed by atoms with Crippen molar-refractivity contribution in [3.05, 3.63) is 0 Å². The molecule has 17 heavy (non-hydrogen) atoms. The Balaban J connectivity index is 1.87. The summed E-state index contributed by atoms with van der Waals surface area (Å²) in [6.45, 7) is 2.76. The molecule has 1 saturated heterocycles. The van der Waals surface area contributed by atoms with Gasteiger partial charge in [0.1, 0.15) is 0 Å². The lowest BCUT2D eigenvalue weighted by molar-refractivity contribution is 0.157. The van der Waals surface area contributed by atoms with E-state index in [1.54, 1.807) is 0 Å². The molecule has 2 nitrogen and oxygen atoms in total. The first-order valence-corrected chi connectivity index (χ1v) is 8.41. The van der Waals surface area contributed by atoms with Gasteiger partial charge in [0.25, 0.3) is 0 Å². The second kappa shape index (κ2) is 10.3. The molecule has 1 aliphatic rings. The van der Waals surface area contributed by atoms with E-state index in [1.807, 2.05) is 0 Å². The van der Waals surface area contributed by atoms with Gasteiger partial charge in [0, 0.05) is 11.4 Å². The molecule has 0 amide bonds. The van der Waals surface area contributed by atoms with Gasteiger partial charge in [-0.3, -0.25) is 4.90 Å². The van der Waals surface area contributed by atoms with Crippen LogP contribution in [0.5, 0.6) is 0 Å². The van der Waals surface area contributed by atoms with E-state index in [1.165, 1.54) is 70.9 Å². The van der Waals surface area contributed by atoms with E-state index in [4.69, 9.17) is 0 Å². The van der Waals surface area contributed by atoms with Crippen LogP contribution in [0.2, 0.25) is 0 Å². The van der Waals surface area contributed by atoms with Gasteiger partial charge in [0.15, 0.2) is 0 Å². The van der Waals surface area contributed by atoms with Crippen molar-refractivity contribution in [2.24, 2.45) is 0 Å². The number of hydrogen-bond acceptors (Lipinski definition) is 2. The smallest absolute Gasteiger partial charge is 0.0586 e. The van der Waals surface area contributed by atoms with Crippen LogP contribution in [-0.4, -0.2) is 41.1 Å². The molecule has 1 N–H and O–H groups in total. The summed E-state index contributed by atoms with van der Waals surface area (Å²) in [5.74, 6) is 0. The van der Waals surface area contributed by atoms with Crippen molar-refractivity contribution in [2.45, 2.75) is 63.8 Å². The van der Waals surface area contributed by atoms with Gasteiger partial charge in [-0.05, 0) is 38.8 Å². The third-order valence-corrected chi connectivity index (χ3v) is 4.35. The SMILES string of the molecule is OCC1CCCN1CCCCCCCCCBr. The van der Waals surface area contributed by atoms with Gasteiger partial charge >= 0.3 is 0 Å². The van der Waals surface area contributed by atoms with Gasteiger partial charge in [-0.1, -0.05) is 48.0 Å². The summed E-state index contributed by atoms with van der Waals surface area (Å²) in [4.78, 5) is 2.48. The number of alkyl halides is 1. The van der Waals surface area contributed by atoms with Crippen molar-refractivity contribution in [2.75, 3.05) is 25.0 Å². The maximum atomic E-state index is 9.21. The first kappa shape index (κ1) is 15.5. The molecule has 1 aliphatic heterocycles. The molecule has 1 rings (SSSR count). The molecule has 102 valence electrons. The Bertz CT molecular complexity index is 178. The van der Waals surface area contributed by atoms with Gasteiger partial charge in [0.05, 0.1) is 6.61 Å². The summed E-state index contributed by atoms with van der Waals surface area (Å²) < 4.78 is 0. The second-order valence-corrected chi connectivity index (χ2v) is 5.97. The van der Waals surface area contributed by atoms with Crippen molar-refractivity contribution in [1.29, 1.82) is 0 Å². The Morgan fingerprint density at radius 1 is 1.00 bits per heavy atom. The minimum Gasteiger partial charge on any atom is -0.395 e. The lowest BCUT2D eigenvalue weighted by Crippen LogP contribution is -2.32. The number of nitrogens with zero attached hydrogens (tertiary/aromatic N) is 1. The number of rotatable bonds is 10. The monoisotopic (exact) mass is 305 g/mol. The van der Waals surface area contributed by atoms with Gasteiger partial charge in [-0.15, -0.1) is 0 Å². The van der Waals surface area contributed by atoms with Crippen molar-refractivity contribution in [1.82, 2.24) is 4.90 Å². The summed E-state index contributed by atoms with van der Waals surface area (Å²) in [6.07, 6.45) is 12.0. The first-order valence-electron chi connectivity index (χ1n) is 7.29. The lowest BCUT2D eigenvalue weighted by atomic mass is 10.1. The summed E-state index contributed by atoms with van der Waals surface area (Å²) in [7, 11) is 0. The van der Waals surface area contributed by atoms with E-state index < -0.39 is 0 Å². The van der Waals surface area contributed by atoms with Crippen LogP contribution in [0.3, 0.4) is 0 Å². The lowest BCUT2D eigenvalue weighted by Gasteiger charge is -2.22.